The van der Waals surface area contributed by atoms with Crippen molar-refractivity contribution in [2.45, 2.75) is 58.8 Å². The minimum absolute atomic E-state index is 0.217. The number of nitrogens with two attached hydrogens (primary N) is 1. The number of carbonyl (C=O) groups is 3. The zero-order chi connectivity index (χ0) is 36.6. The lowest BCUT2D eigenvalue weighted by Gasteiger charge is -2.36. The zero-order valence-corrected chi connectivity index (χ0v) is 29.7. The molecule has 2 heterocycles. The number of hydrogen-bond acceptors (Lipinski definition) is 9. The number of ether oxygens (including phenoxy) is 1. The quantitative estimate of drug-likeness (QED) is 0.171. The van der Waals surface area contributed by atoms with Gasteiger partial charge in [-0.15, -0.1) is 0 Å². The second-order valence-corrected chi connectivity index (χ2v) is 14.9. The molecule has 0 aliphatic carbocycles. The maximum absolute atomic E-state index is 12.8. The topological polar surface area (TPSA) is 184 Å². The standard InChI is InChI=1S/C36H44N6O7S/c1-24(2)32(34(44)45)40-50(47,48)42-20-18-41(19-21-42)29-14-10-25(11-15-29)6-7-26-16-17-38-30(22-26)33(43)39-23-27-8-12-28(13-9-27)31(37)35(46)49-36(3,4)5/h8-17,22,24,31-32,40H,18-21,23,37H2,1-5H3,(H,39,43)(H,44,45)/t31?,32-/m1/s1. The fraction of sp³-hybridized carbons (Fsp3) is 0.389. The van der Waals surface area contributed by atoms with Crippen LogP contribution in [-0.2, 0) is 31.1 Å². The summed E-state index contributed by atoms with van der Waals surface area (Å²) in [7, 11) is -3.94. The van der Waals surface area contributed by atoms with Crippen LogP contribution in [0.25, 0.3) is 0 Å². The Hall–Kier alpha value is -4.81. The number of amides is 1. The molecule has 13 nitrogen and oxygen atoms in total. The molecule has 1 aliphatic rings. The van der Waals surface area contributed by atoms with Crippen molar-refractivity contribution in [3.05, 3.63) is 94.8 Å². The van der Waals surface area contributed by atoms with Crippen molar-refractivity contribution in [3.63, 3.8) is 0 Å². The van der Waals surface area contributed by atoms with Crippen LogP contribution in [0.2, 0.25) is 0 Å². The van der Waals surface area contributed by atoms with Gasteiger partial charge in [0.2, 0.25) is 0 Å². The highest BCUT2D eigenvalue weighted by atomic mass is 32.2. The van der Waals surface area contributed by atoms with Gasteiger partial charge in [-0.3, -0.25) is 14.6 Å². The van der Waals surface area contributed by atoms with E-state index in [0.29, 0.717) is 24.2 Å². The monoisotopic (exact) mass is 704 g/mol. The second kappa shape index (κ2) is 16.3. The number of pyridine rings is 1. The molecule has 3 aromatic rings. The van der Waals surface area contributed by atoms with E-state index >= 15 is 0 Å². The molecule has 4 rings (SSSR count). The van der Waals surface area contributed by atoms with Gasteiger partial charge in [0.05, 0.1) is 0 Å². The predicted octanol–water partition coefficient (Wildman–Crippen LogP) is 2.82. The molecule has 1 unspecified atom stereocenters. The van der Waals surface area contributed by atoms with Crippen LogP contribution in [0.3, 0.4) is 0 Å². The molecule has 0 spiro atoms. The second-order valence-electron chi connectivity index (χ2n) is 13.2. The number of aliphatic carboxylic acids is 1. The average Bonchev–Trinajstić information content (AvgIpc) is 3.08. The molecule has 14 heteroatoms. The van der Waals surface area contributed by atoms with Crippen LogP contribution in [0.15, 0.2) is 66.9 Å². The first-order valence-electron chi connectivity index (χ1n) is 16.2. The van der Waals surface area contributed by atoms with Crippen molar-refractivity contribution in [3.8, 4) is 11.8 Å². The lowest BCUT2D eigenvalue weighted by Crippen LogP contribution is -2.55. The van der Waals surface area contributed by atoms with Crippen LogP contribution in [0.5, 0.6) is 0 Å². The van der Waals surface area contributed by atoms with Crippen LogP contribution in [-0.4, -0.2) is 78.5 Å². The first-order chi connectivity index (χ1) is 23.5. The Bertz CT molecular complexity index is 1840. The third-order valence-corrected chi connectivity index (χ3v) is 9.41. The Kier molecular flexibility index (Phi) is 12.4. The van der Waals surface area contributed by atoms with E-state index in [-0.39, 0.29) is 31.2 Å². The van der Waals surface area contributed by atoms with Crippen LogP contribution >= 0.6 is 0 Å². The van der Waals surface area contributed by atoms with Gasteiger partial charge in [0.1, 0.15) is 23.4 Å². The van der Waals surface area contributed by atoms with E-state index in [2.05, 4.69) is 31.8 Å². The number of hydrogen-bond donors (Lipinski definition) is 4. The third kappa shape index (κ3) is 10.6. The molecule has 50 heavy (non-hydrogen) atoms. The normalized spacial score (nSPS) is 15.1. The van der Waals surface area contributed by atoms with E-state index in [1.165, 1.54) is 10.5 Å². The van der Waals surface area contributed by atoms with E-state index in [4.69, 9.17) is 10.5 Å². The van der Waals surface area contributed by atoms with Crippen molar-refractivity contribution in [1.29, 1.82) is 0 Å². The number of aromatic nitrogens is 1. The van der Waals surface area contributed by atoms with Gasteiger partial charge in [-0.25, -0.2) is 4.79 Å². The molecule has 1 amide bonds. The number of nitrogens with zero attached hydrogens (tertiary/aromatic N) is 3. The maximum atomic E-state index is 12.8. The molecule has 5 N–H and O–H groups in total. The zero-order valence-electron chi connectivity index (χ0n) is 28.8. The van der Waals surface area contributed by atoms with Crippen molar-refractivity contribution >= 4 is 33.7 Å². The Morgan fingerprint density at radius 1 is 0.960 bits per heavy atom. The Morgan fingerprint density at radius 2 is 1.58 bits per heavy atom. The summed E-state index contributed by atoms with van der Waals surface area (Å²) in [6.07, 6.45) is 1.52. The predicted molar refractivity (Wildman–Crippen MR) is 189 cm³/mol. The van der Waals surface area contributed by atoms with Crippen molar-refractivity contribution < 1.29 is 32.6 Å². The molecule has 0 bridgehead atoms. The average molecular weight is 705 g/mol. The van der Waals surface area contributed by atoms with Crippen molar-refractivity contribution in [1.82, 2.24) is 19.3 Å². The van der Waals surface area contributed by atoms with Gasteiger partial charge >= 0.3 is 11.9 Å². The number of carboxylic acids is 1. The molecule has 1 saturated heterocycles. The summed E-state index contributed by atoms with van der Waals surface area (Å²) in [4.78, 5) is 42.8. The van der Waals surface area contributed by atoms with Gasteiger partial charge in [-0.1, -0.05) is 50.0 Å². The molecule has 0 radical (unpaired) electrons. The fourth-order valence-corrected chi connectivity index (χ4v) is 6.53. The van der Waals surface area contributed by atoms with E-state index in [9.17, 15) is 27.9 Å². The number of carbonyl (C=O) groups excluding carboxylic acids is 2. The summed E-state index contributed by atoms with van der Waals surface area (Å²) >= 11 is 0. The molecule has 2 aromatic carbocycles. The minimum atomic E-state index is -3.94. The lowest BCUT2D eigenvalue weighted by atomic mass is 10.0. The molecular weight excluding hydrogens is 660 g/mol. The highest BCUT2D eigenvalue weighted by molar-refractivity contribution is 7.87. The van der Waals surface area contributed by atoms with Crippen LogP contribution < -0.4 is 20.7 Å². The van der Waals surface area contributed by atoms with Gasteiger partial charge in [0.15, 0.2) is 0 Å². The molecule has 0 saturated carbocycles. The Labute approximate surface area is 293 Å². The molecule has 2 atom stereocenters. The number of anilines is 1. The van der Waals surface area contributed by atoms with Gasteiger partial charge in [-0.05, 0) is 74.2 Å². The van der Waals surface area contributed by atoms with E-state index in [0.717, 1.165) is 16.8 Å². The fourth-order valence-electron chi connectivity index (χ4n) is 5.04. The van der Waals surface area contributed by atoms with Crippen molar-refractivity contribution in [2.75, 3.05) is 31.1 Å². The summed E-state index contributed by atoms with van der Waals surface area (Å²) in [6, 6.07) is 15.8. The van der Waals surface area contributed by atoms with E-state index < -0.39 is 45.8 Å². The number of benzene rings is 2. The van der Waals surface area contributed by atoms with Crippen LogP contribution in [0.1, 0.15) is 73.4 Å². The highest BCUT2D eigenvalue weighted by Gasteiger charge is 2.33. The number of esters is 1. The van der Waals surface area contributed by atoms with Gasteiger partial charge < -0.3 is 25.8 Å². The van der Waals surface area contributed by atoms with Crippen LogP contribution in [0.4, 0.5) is 5.69 Å². The Balaban J connectivity index is 1.29. The number of nitrogens with one attached hydrogen (secondary N) is 2. The summed E-state index contributed by atoms with van der Waals surface area (Å²) in [5.41, 5.74) is 9.33. The number of carboxylic acid groups (broad SMARTS) is 1. The molecule has 1 aromatic heterocycles. The lowest BCUT2D eigenvalue weighted by molar-refractivity contribution is -0.156. The smallest absolute Gasteiger partial charge is 0.328 e. The molecule has 1 fully saturated rings. The minimum Gasteiger partial charge on any atom is -0.480 e. The molecule has 266 valence electrons. The molecule has 1 aliphatic heterocycles. The highest BCUT2D eigenvalue weighted by Crippen LogP contribution is 2.20. The van der Waals surface area contributed by atoms with E-state index in [1.807, 2.05) is 24.3 Å². The number of piperazine rings is 1. The summed E-state index contributed by atoms with van der Waals surface area (Å²) in [5.74, 6) is 3.69. The van der Waals surface area contributed by atoms with Gasteiger partial charge in [0.25, 0.3) is 16.1 Å². The third-order valence-electron chi connectivity index (χ3n) is 7.82. The van der Waals surface area contributed by atoms with Gasteiger partial charge in [-0.2, -0.15) is 17.4 Å². The summed E-state index contributed by atoms with van der Waals surface area (Å²) in [5, 5.41) is 12.2. The summed E-state index contributed by atoms with van der Waals surface area (Å²) in [6.45, 7) is 10.2. The largest absolute Gasteiger partial charge is 0.480 e. The first kappa shape index (κ1) is 38.0. The van der Waals surface area contributed by atoms with Gasteiger partial charge in [0, 0.05) is 55.7 Å². The maximum Gasteiger partial charge on any atom is 0.328 e. The summed E-state index contributed by atoms with van der Waals surface area (Å²) < 4.78 is 34.5. The van der Waals surface area contributed by atoms with Crippen molar-refractivity contribution in [2.24, 2.45) is 11.7 Å². The van der Waals surface area contributed by atoms with Crippen LogP contribution in [0, 0.1) is 17.8 Å². The Morgan fingerprint density at radius 3 is 2.16 bits per heavy atom. The molecular formula is C36H44N6O7S. The number of rotatable bonds is 11. The van der Waals surface area contributed by atoms with E-state index in [1.54, 1.807) is 71.0 Å². The SMILES string of the molecule is CC(C)[C@@H](NS(=O)(=O)N1CCN(c2ccc(C#Cc3ccnc(C(=O)NCc4ccc(C(N)C(=O)OC(C)(C)C)cc4)c3)cc2)CC1)C(=O)O. The first-order valence-corrected chi connectivity index (χ1v) is 17.6.